The molecule has 4 aromatic rings. The van der Waals surface area contributed by atoms with Crippen LogP contribution in [0.5, 0.6) is 11.5 Å². The van der Waals surface area contributed by atoms with Crippen molar-refractivity contribution in [3.63, 3.8) is 0 Å². The Bertz CT molecular complexity index is 1330. The monoisotopic (exact) mass is 525 g/mol. The molecule has 1 aliphatic rings. The number of aromatic nitrogens is 1. The molecular formula is C32H35N3O4. The van der Waals surface area contributed by atoms with Gasteiger partial charge in [0.2, 0.25) is 0 Å². The molecule has 5 rings (SSSR count). The third-order valence-electron chi connectivity index (χ3n) is 6.49. The zero-order valence-electron chi connectivity index (χ0n) is 22.1. The number of nitrogens with one attached hydrogen (secondary N) is 1. The summed E-state index contributed by atoms with van der Waals surface area (Å²) in [4.78, 5) is 6.77. The number of ether oxygens (including phenoxy) is 3. The van der Waals surface area contributed by atoms with Gasteiger partial charge in [-0.1, -0.05) is 42.5 Å². The Labute approximate surface area is 230 Å². The van der Waals surface area contributed by atoms with Gasteiger partial charge in [0.25, 0.3) is 0 Å². The van der Waals surface area contributed by atoms with Crippen LogP contribution in [0.4, 0.5) is 11.5 Å². The molecule has 0 saturated heterocycles. The van der Waals surface area contributed by atoms with Crippen LogP contribution in [-0.4, -0.2) is 54.6 Å². The minimum atomic E-state index is 0.000278. The molecule has 0 amide bonds. The van der Waals surface area contributed by atoms with Gasteiger partial charge in [0.15, 0.2) is 0 Å². The van der Waals surface area contributed by atoms with Crippen molar-refractivity contribution in [1.29, 1.82) is 0 Å². The first-order valence-corrected chi connectivity index (χ1v) is 13.4. The molecule has 2 bridgehead atoms. The van der Waals surface area contributed by atoms with E-state index >= 15 is 0 Å². The fourth-order valence-electron chi connectivity index (χ4n) is 4.71. The number of aliphatic hydroxyl groups excluding tert-OH is 1. The van der Waals surface area contributed by atoms with Crippen molar-refractivity contribution < 1.29 is 19.3 Å². The van der Waals surface area contributed by atoms with E-state index < -0.39 is 0 Å². The van der Waals surface area contributed by atoms with E-state index in [0.29, 0.717) is 26.4 Å². The Morgan fingerprint density at radius 1 is 0.897 bits per heavy atom. The van der Waals surface area contributed by atoms with Crippen molar-refractivity contribution in [1.82, 2.24) is 9.88 Å². The fraction of sp³-hybridized carbons (Fsp3) is 0.281. The van der Waals surface area contributed by atoms with Gasteiger partial charge in [-0.15, -0.1) is 0 Å². The van der Waals surface area contributed by atoms with Crippen molar-refractivity contribution in [3.05, 3.63) is 113 Å². The second kappa shape index (κ2) is 13.8. The number of nitrogens with zero attached hydrogens (tertiary/aromatic N) is 2. The summed E-state index contributed by atoms with van der Waals surface area (Å²) in [5, 5.41) is 12.5. The molecule has 0 unspecified atom stereocenters. The van der Waals surface area contributed by atoms with Gasteiger partial charge in [-0.2, -0.15) is 0 Å². The molecule has 3 aromatic carbocycles. The van der Waals surface area contributed by atoms with Crippen LogP contribution in [0.15, 0.2) is 91.1 Å². The molecule has 7 heteroatoms. The first-order chi connectivity index (χ1) is 19.2. The summed E-state index contributed by atoms with van der Waals surface area (Å²) in [7, 11) is 0. The van der Waals surface area contributed by atoms with Gasteiger partial charge >= 0.3 is 0 Å². The quantitative estimate of drug-likeness (QED) is 0.344. The van der Waals surface area contributed by atoms with Crippen LogP contribution in [0.25, 0.3) is 0 Å². The zero-order valence-corrected chi connectivity index (χ0v) is 22.1. The number of hydrogen-bond donors (Lipinski definition) is 2. The van der Waals surface area contributed by atoms with E-state index in [2.05, 4.69) is 51.6 Å². The molecule has 1 aromatic heterocycles. The Balaban J connectivity index is 1.35. The van der Waals surface area contributed by atoms with Gasteiger partial charge in [0, 0.05) is 43.5 Å². The van der Waals surface area contributed by atoms with Crippen molar-refractivity contribution in [2.45, 2.75) is 19.5 Å². The molecule has 202 valence electrons. The molecule has 0 aliphatic carbocycles. The van der Waals surface area contributed by atoms with Crippen LogP contribution in [0.3, 0.4) is 0 Å². The topological polar surface area (TPSA) is 76.1 Å². The second-order valence-electron chi connectivity index (χ2n) is 9.55. The maximum Gasteiger partial charge on any atom is 0.130 e. The van der Waals surface area contributed by atoms with Gasteiger partial charge in [-0.3, -0.25) is 4.90 Å². The fourth-order valence-corrected chi connectivity index (χ4v) is 4.71. The SMILES string of the molecule is OCCOc1cccc(CN2CCOCCOc3ccc(Nc4ccccn4)cc3Cc3cccc(c3)C2)c1. The normalized spacial score (nSPS) is 14.5. The average molecular weight is 526 g/mol. The summed E-state index contributed by atoms with van der Waals surface area (Å²) in [5.74, 6) is 2.45. The third-order valence-corrected chi connectivity index (χ3v) is 6.49. The number of fused-ring (bicyclic) bond motifs is 3. The number of benzene rings is 3. The predicted octanol–water partition coefficient (Wildman–Crippen LogP) is 5.20. The number of hydrogen-bond acceptors (Lipinski definition) is 7. The molecule has 2 N–H and O–H groups in total. The van der Waals surface area contributed by atoms with Crippen LogP contribution >= 0.6 is 0 Å². The number of pyridine rings is 1. The molecule has 7 nitrogen and oxygen atoms in total. The van der Waals surface area contributed by atoms with Gasteiger partial charge in [-0.25, -0.2) is 4.98 Å². The lowest BCUT2D eigenvalue weighted by molar-refractivity contribution is 0.0757. The smallest absolute Gasteiger partial charge is 0.130 e. The minimum Gasteiger partial charge on any atom is -0.491 e. The Kier molecular flexibility index (Phi) is 9.41. The van der Waals surface area contributed by atoms with Gasteiger partial charge in [0.05, 0.1) is 19.8 Å². The molecule has 0 radical (unpaired) electrons. The Hall–Kier alpha value is -3.91. The lowest BCUT2D eigenvalue weighted by atomic mass is 10.0. The molecule has 39 heavy (non-hydrogen) atoms. The van der Waals surface area contributed by atoms with Crippen molar-refractivity contribution >= 4 is 11.5 Å². The van der Waals surface area contributed by atoms with Crippen molar-refractivity contribution in [2.75, 3.05) is 44.9 Å². The third kappa shape index (κ3) is 8.04. The summed E-state index contributed by atoms with van der Waals surface area (Å²) < 4.78 is 17.7. The minimum absolute atomic E-state index is 0.000278. The molecular weight excluding hydrogens is 490 g/mol. The van der Waals surface area contributed by atoms with Crippen molar-refractivity contribution in [2.24, 2.45) is 0 Å². The highest BCUT2D eigenvalue weighted by molar-refractivity contribution is 5.59. The highest BCUT2D eigenvalue weighted by Crippen LogP contribution is 2.28. The largest absolute Gasteiger partial charge is 0.491 e. The standard InChI is InChI=1S/C32H35N3O4/c36-14-16-38-30-8-4-7-27(21-30)24-35-13-15-37-17-18-39-31-11-10-29(34-32-9-1-2-12-33-32)22-28(31)20-25-5-3-6-26(19-25)23-35/h1-12,19,21-22,36H,13-18,20,23-24H2,(H,33,34). The van der Waals surface area contributed by atoms with E-state index in [0.717, 1.165) is 60.2 Å². The Morgan fingerprint density at radius 3 is 2.72 bits per heavy atom. The van der Waals surface area contributed by atoms with Crippen LogP contribution < -0.4 is 14.8 Å². The molecule has 0 atom stereocenters. The maximum absolute atomic E-state index is 9.08. The molecule has 0 saturated carbocycles. The molecule has 0 spiro atoms. The highest BCUT2D eigenvalue weighted by atomic mass is 16.5. The number of aliphatic hydroxyl groups is 1. The van der Waals surface area contributed by atoms with Gasteiger partial charge in [0.1, 0.15) is 30.5 Å². The number of rotatable bonds is 7. The average Bonchev–Trinajstić information content (AvgIpc) is 2.95. The highest BCUT2D eigenvalue weighted by Gasteiger charge is 2.12. The van der Waals surface area contributed by atoms with Crippen LogP contribution in [-0.2, 0) is 24.2 Å². The van der Waals surface area contributed by atoms with Crippen LogP contribution in [0.2, 0.25) is 0 Å². The first-order valence-electron chi connectivity index (χ1n) is 13.4. The lowest BCUT2D eigenvalue weighted by Crippen LogP contribution is -2.27. The van der Waals surface area contributed by atoms with E-state index in [1.807, 2.05) is 48.5 Å². The maximum atomic E-state index is 9.08. The lowest BCUT2D eigenvalue weighted by Gasteiger charge is -2.24. The molecule has 0 fully saturated rings. The number of anilines is 2. The predicted molar refractivity (Wildman–Crippen MR) is 153 cm³/mol. The van der Waals surface area contributed by atoms with Crippen LogP contribution in [0, 0.1) is 0 Å². The van der Waals surface area contributed by atoms with E-state index in [-0.39, 0.29) is 6.61 Å². The van der Waals surface area contributed by atoms with Crippen LogP contribution in [0.1, 0.15) is 22.3 Å². The first kappa shape index (κ1) is 26.7. The van der Waals surface area contributed by atoms with Gasteiger partial charge < -0.3 is 24.6 Å². The second-order valence-corrected chi connectivity index (χ2v) is 9.55. The summed E-state index contributed by atoms with van der Waals surface area (Å²) in [6, 6.07) is 28.8. The van der Waals surface area contributed by atoms with Gasteiger partial charge in [-0.05, 0) is 59.2 Å². The summed E-state index contributed by atoms with van der Waals surface area (Å²) >= 11 is 0. The van der Waals surface area contributed by atoms with E-state index in [9.17, 15) is 0 Å². The summed E-state index contributed by atoms with van der Waals surface area (Å²) in [6.45, 7) is 4.30. The van der Waals surface area contributed by atoms with E-state index in [4.69, 9.17) is 19.3 Å². The van der Waals surface area contributed by atoms with E-state index in [1.54, 1.807) is 6.20 Å². The zero-order chi connectivity index (χ0) is 26.7. The van der Waals surface area contributed by atoms with Crippen molar-refractivity contribution in [3.8, 4) is 11.5 Å². The summed E-state index contributed by atoms with van der Waals surface area (Å²) in [5.41, 5.74) is 5.73. The summed E-state index contributed by atoms with van der Waals surface area (Å²) in [6.07, 6.45) is 2.54. The molecule has 1 aliphatic heterocycles. The van der Waals surface area contributed by atoms with E-state index in [1.165, 1.54) is 11.1 Å². The Morgan fingerprint density at radius 2 is 1.82 bits per heavy atom. The molecule has 2 heterocycles.